The number of ether oxygens (including phenoxy) is 2. The molecular weight excluding hydrogens is 516 g/mol. The number of nitrogens with zero attached hydrogens (tertiary/aromatic N) is 2. The topological polar surface area (TPSA) is 36.3 Å². The quantitative estimate of drug-likeness (QED) is 0.169. The highest BCUT2D eigenvalue weighted by atomic mass is 16.5. The van der Waals surface area contributed by atoms with Gasteiger partial charge < -0.3 is 14.0 Å². The molecule has 0 spiro atoms. The lowest BCUT2D eigenvalue weighted by atomic mass is 9.76. The average Bonchev–Trinajstić information content (AvgIpc) is 3.54. The number of imidazole rings is 1. The van der Waals surface area contributed by atoms with Gasteiger partial charge in [0.15, 0.2) is 0 Å². The van der Waals surface area contributed by atoms with Crippen molar-refractivity contribution in [2.75, 3.05) is 14.2 Å². The van der Waals surface area contributed by atoms with E-state index in [-0.39, 0.29) is 5.92 Å². The zero-order valence-electron chi connectivity index (χ0n) is 24.6. The van der Waals surface area contributed by atoms with Crippen LogP contribution in [0.15, 0.2) is 140 Å². The normalized spacial score (nSPS) is 13.3. The summed E-state index contributed by atoms with van der Waals surface area (Å²) in [5.41, 5.74) is 3.96. The summed E-state index contributed by atoms with van der Waals surface area (Å²) in [6, 6.07) is 44.7. The highest BCUT2D eigenvalue weighted by Crippen LogP contribution is 2.44. The number of hydrogen-bond donors (Lipinski definition) is 0. The lowest BCUT2D eigenvalue weighted by molar-refractivity contribution is -0.0206. The molecule has 4 nitrogen and oxygen atoms in total. The number of methoxy groups -OCH3 is 2. The fraction of sp³-hybridized carbons (Fsp3) is 0.184. The van der Waals surface area contributed by atoms with Gasteiger partial charge in [0.25, 0.3) is 0 Å². The van der Waals surface area contributed by atoms with Gasteiger partial charge in [-0.3, -0.25) is 0 Å². The average molecular weight is 553 g/mol. The maximum atomic E-state index is 6.51. The first-order valence-electron chi connectivity index (χ1n) is 14.4. The molecule has 4 heteroatoms. The van der Waals surface area contributed by atoms with Crippen molar-refractivity contribution in [3.63, 3.8) is 0 Å². The van der Waals surface area contributed by atoms with Crippen molar-refractivity contribution >= 4 is 10.8 Å². The van der Waals surface area contributed by atoms with Gasteiger partial charge in [0, 0.05) is 13.3 Å². The highest BCUT2D eigenvalue weighted by molar-refractivity contribution is 5.85. The van der Waals surface area contributed by atoms with Crippen LogP contribution in [0.1, 0.15) is 41.8 Å². The van der Waals surface area contributed by atoms with Gasteiger partial charge >= 0.3 is 0 Å². The van der Waals surface area contributed by atoms with Crippen LogP contribution in [0.4, 0.5) is 0 Å². The molecular formula is C38H36N2O2. The van der Waals surface area contributed by atoms with E-state index in [1.807, 2.05) is 12.4 Å². The van der Waals surface area contributed by atoms with E-state index >= 15 is 0 Å². The number of rotatable bonds is 9. The summed E-state index contributed by atoms with van der Waals surface area (Å²) >= 11 is 0. The van der Waals surface area contributed by atoms with Crippen LogP contribution in [-0.4, -0.2) is 23.8 Å². The Hall–Kier alpha value is -4.67. The number of hydrogen-bond acceptors (Lipinski definition) is 3. The van der Waals surface area contributed by atoms with Crippen LogP contribution in [0, 0.1) is 5.92 Å². The summed E-state index contributed by atoms with van der Waals surface area (Å²) in [6.45, 7) is 4.39. The second-order valence-electron chi connectivity index (χ2n) is 11.0. The third kappa shape index (κ3) is 4.40. The van der Waals surface area contributed by atoms with Crippen molar-refractivity contribution in [3.8, 4) is 5.75 Å². The smallest absolute Gasteiger partial charge is 0.138 e. The van der Waals surface area contributed by atoms with Crippen molar-refractivity contribution in [3.05, 3.63) is 168 Å². The molecule has 0 aliphatic carbocycles. The predicted molar refractivity (Wildman–Crippen MR) is 170 cm³/mol. The standard InChI is InChI=1S/C38H36N2O2/c1-28(2)38(42-4,34-22-20-30-25-35(41-3)23-21-29(30)24-34)36-26-40(27-39-36)37(31-14-8-5-9-15-31,32-16-10-6-11-17-32)33-18-12-7-13-19-33/h5-28H,1-4H3. The highest BCUT2D eigenvalue weighted by Gasteiger charge is 2.43. The Morgan fingerprint density at radius 3 is 1.64 bits per heavy atom. The van der Waals surface area contributed by atoms with E-state index < -0.39 is 11.1 Å². The van der Waals surface area contributed by atoms with Gasteiger partial charge in [-0.1, -0.05) is 123 Å². The zero-order valence-corrected chi connectivity index (χ0v) is 24.6. The first-order valence-corrected chi connectivity index (χ1v) is 14.4. The van der Waals surface area contributed by atoms with Gasteiger partial charge in [-0.15, -0.1) is 0 Å². The van der Waals surface area contributed by atoms with E-state index in [0.717, 1.165) is 44.5 Å². The van der Waals surface area contributed by atoms with Gasteiger partial charge in [-0.05, 0) is 57.1 Å². The van der Waals surface area contributed by atoms with Crippen molar-refractivity contribution in [1.82, 2.24) is 9.55 Å². The molecule has 0 aliphatic heterocycles. The molecule has 210 valence electrons. The van der Waals surface area contributed by atoms with Crippen LogP contribution in [-0.2, 0) is 15.9 Å². The predicted octanol–water partition coefficient (Wildman–Crippen LogP) is 8.43. The van der Waals surface area contributed by atoms with Gasteiger partial charge in [0.1, 0.15) is 16.9 Å². The number of aromatic nitrogens is 2. The summed E-state index contributed by atoms with van der Waals surface area (Å²) in [4.78, 5) is 5.13. The van der Waals surface area contributed by atoms with Gasteiger partial charge in [-0.25, -0.2) is 4.98 Å². The molecule has 0 N–H and O–H groups in total. The van der Waals surface area contributed by atoms with Crippen molar-refractivity contribution in [1.29, 1.82) is 0 Å². The molecule has 5 aromatic carbocycles. The first-order chi connectivity index (χ1) is 20.5. The van der Waals surface area contributed by atoms with Crippen molar-refractivity contribution in [2.24, 2.45) is 5.92 Å². The Bertz CT molecular complexity index is 1680. The second kappa shape index (κ2) is 11.3. The van der Waals surface area contributed by atoms with E-state index in [1.165, 1.54) is 0 Å². The first kappa shape index (κ1) is 27.5. The summed E-state index contributed by atoms with van der Waals surface area (Å²) in [7, 11) is 3.48. The lowest BCUT2D eigenvalue weighted by Crippen LogP contribution is -2.38. The van der Waals surface area contributed by atoms with E-state index in [2.05, 4.69) is 146 Å². The minimum atomic E-state index is -0.769. The molecule has 0 radical (unpaired) electrons. The second-order valence-corrected chi connectivity index (χ2v) is 11.0. The Morgan fingerprint density at radius 2 is 1.14 bits per heavy atom. The largest absolute Gasteiger partial charge is 0.497 e. The molecule has 1 aromatic heterocycles. The van der Waals surface area contributed by atoms with E-state index in [9.17, 15) is 0 Å². The van der Waals surface area contributed by atoms with Crippen LogP contribution >= 0.6 is 0 Å². The summed E-state index contributed by atoms with van der Waals surface area (Å²) in [6.07, 6.45) is 4.14. The molecule has 0 saturated carbocycles. The number of fused-ring (bicyclic) bond motifs is 1. The van der Waals surface area contributed by atoms with Crippen LogP contribution in [0.3, 0.4) is 0 Å². The van der Waals surface area contributed by atoms with Gasteiger partial charge in [0.2, 0.25) is 0 Å². The molecule has 1 atom stereocenters. The van der Waals surface area contributed by atoms with Crippen molar-refractivity contribution in [2.45, 2.75) is 25.0 Å². The molecule has 6 rings (SSSR count). The Kier molecular flexibility index (Phi) is 7.40. The van der Waals surface area contributed by atoms with Crippen molar-refractivity contribution < 1.29 is 9.47 Å². The van der Waals surface area contributed by atoms with Gasteiger partial charge in [0.05, 0.1) is 19.1 Å². The minimum Gasteiger partial charge on any atom is -0.497 e. The summed E-state index contributed by atoms with van der Waals surface area (Å²) in [5.74, 6) is 0.941. The molecule has 0 aliphatic rings. The van der Waals surface area contributed by atoms with Crippen LogP contribution in [0.2, 0.25) is 0 Å². The monoisotopic (exact) mass is 552 g/mol. The van der Waals surface area contributed by atoms with Crippen LogP contribution in [0.5, 0.6) is 5.75 Å². The van der Waals surface area contributed by atoms with E-state index in [1.54, 1.807) is 14.2 Å². The van der Waals surface area contributed by atoms with E-state index in [4.69, 9.17) is 14.5 Å². The maximum Gasteiger partial charge on any atom is 0.138 e. The molecule has 1 heterocycles. The molecule has 6 aromatic rings. The fourth-order valence-electron chi connectivity index (χ4n) is 6.50. The fourth-order valence-corrected chi connectivity index (χ4v) is 6.50. The Labute approximate surface area is 248 Å². The van der Waals surface area contributed by atoms with E-state index in [0.29, 0.717) is 0 Å². The number of benzene rings is 5. The zero-order chi connectivity index (χ0) is 29.2. The van der Waals surface area contributed by atoms with Crippen LogP contribution in [0.25, 0.3) is 10.8 Å². The molecule has 0 fully saturated rings. The molecule has 42 heavy (non-hydrogen) atoms. The SMILES string of the molecule is COc1ccc2cc(C(OC)(c3cn(C(c4ccccc4)(c4ccccc4)c4ccccc4)cn3)C(C)C)ccc2c1. The Morgan fingerprint density at radius 1 is 0.619 bits per heavy atom. The molecule has 0 saturated heterocycles. The van der Waals surface area contributed by atoms with Gasteiger partial charge in [-0.2, -0.15) is 0 Å². The minimum absolute atomic E-state index is 0.0983. The van der Waals surface area contributed by atoms with Crippen LogP contribution < -0.4 is 4.74 Å². The third-order valence-electron chi connectivity index (χ3n) is 8.54. The lowest BCUT2D eigenvalue weighted by Gasteiger charge is -2.38. The summed E-state index contributed by atoms with van der Waals surface area (Å²) in [5, 5.41) is 2.25. The Balaban J connectivity index is 1.60. The molecule has 1 unspecified atom stereocenters. The summed E-state index contributed by atoms with van der Waals surface area (Å²) < 4.78 is 14.2. The third-order valence-corrected chi connectivity index (χ3v) is 8.54. The maximum absolute atomic E-state index is 6.51. The molecule has 0 amide bonds. The molecule has 0 bridgehead atoms.